The molecule has 1 fully saturated rings. The fraction of sp³-hybridized carbons (Fsp3) is 0.211. The number of amides is 1. The summed E-state index contributed by atoms with van der Waals surface area (Å²) in [5.41, 5.74) is 4.34. The first-order valence-electron chi connectivity index (χ1n) is 8.41. The monoisotopic (exact) mass is 366 g/mol. The fourth-order valence-corrected chi connectivity index (χ4v) is 3.46. The highest BCUT2D eigenvalue weighted by Crippen LogP contribution is 2.23. The van der Waals surface area contributed by atoms with E-state index in [-0.39, 0.29) is 5.91 Å². The number of rotatable bonds is 4. The summed E-state index contributed by atoms with van der Waals surface area (Å²) in [6.45, 7) is 2.36. The lowest BCUT2D eigenvalue weighted by Crippen LogP contribution is -2.40. The van der Waals surface area contributed by atoms with Crippen molar-refractivity contribution in [1.82, 2.24) is 9.88 Å². The van der Waals surface area contributed by atoms with Crippen molar-refractivity contribution >= 4 is 40.2 Å². The molecule has 26 heavy (non-hydrogen) atoms. The third-order valence-corrected chi connectivity index (χ3v) is 4.97. The number of hydrogen-bond acceptors (Lipinski definition) is 6. The number of hydrazone groups is 1. The third-order valence-electron chi connectivity index (χ3n) is 4.16. The van der Waals surface area contributed by atoms with E-state index >= 15 is 0 Å². The molecule has 3 aromatic rings. The molecule has 6 nitrogen and oxygen atoms in total. The van der Waals surface area contributed by atoms with Gasteiger partial charge in [-0.1, -0.05) is 24.3 Å². The van der Waals surface area contributed by atoms with Gasteiger partial charge in [0.15, 0.2) is 0 Å². The normalized spacial score (nSPS) is 14.8. The minimum Gasteiger partial charge on any atom is -0.378 e. The predicted octanol–water partition coefficient (Wildman–Crippen LogP) is 3.21. The van der Waals surface area contributed by atoms with E-state index in [1.54, 1.807) is 23.6 Å². The van der Waals surface area contributed by atoms with Gasteiger partial charge in [0.1, 0.15) is 5.82 Å². The molecule has 1 N–H and O–H groups in total. The number of anilines is 1. The van der Waals surface area contributed by atoms with Crippen LogP contribution in [0, 0.1) is 0 Å². The van der Waals surface area contributed by atoms with Crippen molar-refractivity contribution in [3.8, 4) is 0 Å². The van der Waals surface area contributed by atoms with E-state index < -0.39 is 0 Å². The standard InChI is InChI=1S/C19H18N4O2S/c24-19(23-7-9-25-10-8-23)16-12-18(21-17-6-2-1-5-15(16)17)22-20-13-14-4-3-11-26-14/h1-6,11-13H,7-10H2,(H,21,22)/b20-13+. The molecule has 1 amide bonds. The maximum absolute atomic E-state index is 13.0. The third kappa shape index (κ3) is 3.58. The maximum atomic E-state index is 13.0. The second kappa shape index (κ2) is 7.63. The molecule has 0 aliphatic carbocycles. The zero-order valence-electron chi connectivity index (χ0n) is 14.1. The van der Waals surface area contributed by atoms with Crippen LogP contribution < -0.4 is 5.43 Å². The van der Waals surface area contributed by atoms with Crippen LogP contribution in [0.15, 0.2) is 52.9 Å². The van der Waals surface area contributed by atoms with Crippen LogP contribution in [0.4, 0.5) is 5.82 Å². The van der Waals surface area contributed by atoms with Gasteiger partial charge in [-0.2, -0.15) is 5.10 Å². The Balaban J connectivity index is 1.65. The van der Waals surface area contributed by atoms with Gasteiger partial charge in [-0.25, -0.2) is 4.98 Å². The van der Waals surface area contributed by atoms with Gasteiger partial charge in [0, 0.05) is 23.4 Å². The van der Waals surface area contributed by atoms with Crippen LogP contribution in [0.3, 0.4) is 0 Å². The van der Waals surface area contributed by atoms with Gasteiger partial charge in [-0.05, 0) is 23.6 Å². The summed E-state index contributed by atoms with van der Waals surface area (Å²) in [6.07, 6.45) is 1.74. The second-order valence-corrected chi connectivity index (χ2v) is 6.84. The Morgan fingerprint density at radius 3 is 2.88 bits per heavy atom. The van der Waals surface area contributed by atoms with Crippen molar-refractivity contribution in [3.63, 3.8) is 0 Å². The van der Waals surface area contributed by atoms with Gasteiger partial charge >= 0.3 is 0 Å². The van der Waals surface area contributed by atoms with E-state index in [4.69, 9.17) is 4.74 Å². The number of fused-ring (bicyclic) bond motifs is 1. The summed E-state index contributed by atoms with van der Waals surface area (Å²) in [6, 6.07) is 13.4. The number of hydrogen-bond donors (Lipinski definition) is 1. The minimum atomic E-state index is -0.00261. The van der Waals surface area contributed by atoms with Gasteiger partial charge in [-0.15, -0.1) is 11.3 Å². The largest absolute Gasteiger partial charge is 0.378 e. The number of pyridine rings is 1. The van der Waals surface area contributed by atoms with Crippen LogP contribution in [0.5, 0.6) is 0 Å². The van der Waals surface area contributed by atoms with Crippen molar-refractivity contribution in [3.05, 3.63) is 58.3 Å². The van der Waals surface area contributed by atoms with Gasteiger partial charge in [0.2, 0.25) is 0 Å². The molecular weight excluding hydrogens is 348 g/mol. The number of carbonyl (C=O) groups excluding carboxylic acids is 1. The Labute approximate surface area is 155 Å². The van der Waals surface area contributed by atoms with Gasteiger partial charge in [-0.3, -0.25) is 10.2 Å². The van der Waals surface area contributed by atoms with Crippen molar-refractivity contribution in [2.24, 2.45) is 5.10 Å². The zero-order valence-corrected chi connectivity index (χ0v) is 14.9. The SMILES string of the molecule is O=C(c1cc(N/N=C/c2cccs2)nc2ccccc12)N1CCOCC1. The number of ether oxygens (including phenoxy) is 1. The molecule has 7 heteroatoms. The zero-order chi connectivity index (χ0) is 17.8. The Hall–Kier alpha value is -2.77. The van der Waals surface area contributed by atoms with E-state index in [1.807, 2.05) is 46.7 Å². The lowest BCUT2D eigenvalue weighted by Gasteiger charge is -2.27. The highest BCUT2D eigenvalue weighted by Gasteiger charge is 2.21. The Morgan fingerprint density at radius 2 is 2.08 bits per heavy atom. The lowest BCUT2D eigenvalue weighted by atomic mass is 10.1. The second-order valence-electron chi connectivity index (χ2n) is 5.86. The number of thiophene rings is 1. The first kappa shape index (κ1) is 16.7. The molecule has 0 radical (unpaired) electrons. The molecule has 1 aliphatic rings. The molecule has 2 aromatic heterocycles. The van der Waals surface area contributed by atoms with Crippen LogP contribution in [-0.4, -0.2) is 48.3 Å². The molecule has 4 rings (SSSR count). The first-order chi connectivity index (χ1) is 12.8. The molecule has 0 atom stereocenters. The highest BCUT2D eigenvalue weighted by molar-refractivity contribution is 7.11. The average Bonchev–Trinajstić information content (AvgIpc) is 3.21. The summed E-state index contributed by atoms with van der Waals surface area (Å²) in [5.74, 6) is 0.547. The van der Waals surface area contributed by atoms with Gasteiger partial charge < -0.3 is 9.64 Å². The van der Waals surface area contributed by atoms with E-state index in [2.05, 4.69) is 15.5 Å². The number of nitrogens with one attached hydrogen (secondary N) is 1. The maximum Gasteiger partial charge on any atom is 0.254 e. The Kier molecular flexibility index (Phi) is 4.90. The number of carbonyl (C=O) groups is 1. The quantitative estimate of drug-likeness (QED) is 0.569. The predicted molar refractivity (Wildman–Crippen MR) is 104 cm³/mol. The number of nitrogens with zero attached hydrogens (tertiary/aromatic N) is 3. The van der Waals surface area contributed by atoms with Crippen molar-refractivity contribution in [2.45, 2.75) is 0 Å². The molecule has 0 unspecified atom stereocenters. The lowest BCUT2D eigenvalue weighted by molar-refractivity contribution is 0.0304. The number of morpholine rings is 1. The molecule has 1 aromatic carbocycles. The molecule has 0 bridgehead atoms. The molecule has 0 saturated carbocycles. The van der Waals surface area contributed by atoms with Gasteiger partial charge in [0.05, 0.1) is 30.5 Å². The van der Waals surface area contributed by atoms with Crippen molar-refractivity contribution in [2.75, 3.05) is 31.7 Å². The Bertz CT molecular complexity index is 934. The van der Waals surface area contributed by atoms with Crippen LogP contribution in [-0.2, 0) is 4.74 Å². The summed E-state index contributed by atoms with van der Waals surface area (Å²) in [7, 11) is 0. The summed E-state index contributed by atoms with van der Waals surface area (Å²) in [4.78, 5) is 20.4. The fourth-order valence-electron chi connectivity index (χ4n) is 2.87. The van der Waals surface area contributed by atoms with E-state index in [1.165, 1.54) is 0 Å². The van der Waals surface area contributed by atoms with Crippen LogP contribution in [0.1, 0.15) is 15.2 Å². The summed E-state index contributed by atoms with van der Waals surface area (Å²) < 4.78 is 5.35. The molecular formula is C19H18N4O2S. The number of aromatic nitrogens is 1. The van der Waals surface area contributed by atoms with Crippen molar-refractivity contribution in [1.29, 1.82) is 0 Å². The average molecular weight is 366 g/mol. The topological polar surface area (TPSA) is 66.8 Å². The minimum absolute atomic E-state index is 0.00261. The molecule has 1 aliphatic heterocycles. The number of para-hydroxylation sites is 1. The van der Waals surface area contributed by atoms with Crippen molar-refractivity contribution < 1.29 is 9.53 Å². The van der Waals surface area contributed by atoms with E-state index in [0.29, 0.717) is 37.7 Å². The Morgan fingerprint density at radius 1 is 1.23 bits per heavy atom. The summed E-state index contributed by atoms with van der Waals surface area (Å²) >= 11 is 1.61. The molecule has 0 spiro atoms. The van der Waals surface area contributed by atoms with Crippen LogP contribution >= 0.6 is 11.3 Å². The van der Waals surface area contributed by atoms with E-state index in [0.717, 1.165) is 15.8 Å². The van der Waals surface area contributed by atoms with Crippen LogP contribution in [0.25, 0.3) is 10.9 Å². The highest BCUT2D eigenvalue weighted by atomic mass is 32.1. The molecule has 1 saturated heterocycles. The first-order valence-corrected chi connectivity index (χ1v) is 9.28. The molecule has 3 heterocycles. The number of benzene rings is 1. The van der Waals surface area contributed by atoms with E-state index in [9.17, 15) is 4.79 Å². The van der Waals surface area contributed by atoms with Gasteiger partial charge in [0.25, 0.3) is 5.91 Å². The summed E-state index contributed by atoms with van der Waals surface area (Å²) in [5, 5.41) is 7.07. The smallest absolute Gasteiger partial charge is 0.254 e. The molecule has 132 valence electrons. The van der Waals surface area contributed by atoms with Crippen LogP contribution in [0.2, 0.25) is 0 Å².